The maximum absolute atomic E-state index is 12.3. The van der Waals surface area contributed by atoms with Gasteiger partial charge in [-0.05, 0) is 38.5 Å². The molecule has 1 N–H and O–H groups in total. The van der Waals surface area contributed by atoms with E-state index in [9.17, 15) is 13.5 Å². The van der Waals surface area contributed by atoms with Gasteiger partial charge in [0.05, 0.1) is 18.9 Å². The number of fused-ring (bicyclic) bond motifs is 1. The van der Waals surface area contributed by atoms with E-state index in [1.165, 1.54) is 4.31 Å². The zero-order valence-corrected chi connectivity index (χ0v) is 16.5. The summed E-state index contributed by atoms with van der Waals surface area (Å²) in [5.74, 6) is 1.22. The van der Waals surface area contributed by atoms with E-state index in [4.69, 9.17) is 9.47 Å². The first-order chi connectivity index (χ1) is 11.6. The topological polar surface area (TPSA) is 76.1 Å². The molecule has 142 valence electrons. The maximum Gasteiger partial charge on any atom is 0.211 e. The van der Waals surface area contributed by atoms with E-state index in [1.54, 1.807) is 32.9 Å². The molecule has 7 heteroatoms. The largest absolute Gasteiger partial charge is 0.494 e. The molecule has 0 saturated carbocycles. The highest BCUT2D eigenvalue weighted by atomic mass is 32.2. The van der Waals surface area contributed by atoms with Crippen LogP contribution in [0.25, 0.3) is 0 Å². The minimum Gasteiger partial charge on any atom is -0.494 e. The average Bonchev–Trinajstić information content (AvgIpc) is 2.51. The highest BCUT2D eigenvalue weighted by Gasteiger charge is 2.47. The first kappa shape index (κ1) is 20.0. The Balaban J connectivity index is 2.49. The van der Waals surface area contributed by atoms with E-state index in [-0.39, 0.29) is 6.54 Å². The Morgan fingerprint density at radius 1 is 1.32 bits per heavy atom. The monoisotopic (exact) mass is 371 g/mol. The van der Waals surface area contributed by atoms with Crippen LogP contribution in [0, 0.1) is 0 Å². The third-order valence-electron chi connectivity index (χ3n) is 4.50. The van der Waals surface area contributed by atoms with E-state index in [1.807, 2.05) is 6.07 Å². The second-order valence-corrected chi connectivity index (χ2v) is 8.90. The summed E-state index contributed by atoms with van der Waals surface area (Å²) in [5.41, 5.74) is -0.270. The predicted octanol–water partition coefficient (Wildman–Crippen LogP) is 2.72. The smallest absolute Gasteiger partial charge is 0.211 e. The van der Waals surface area contributed by atoms with Crippen molar-refractivity contribution in [1.29, 1.82) is 0 Å². The van der Waals surface area contributed by atoms with Crippen molar-refractivity contribution in [2.24, 2.45) is 0 Å². The highest BCUT2D eigenvalue weighted by Crippen LogP contribution is 2.44. The average molecular weight is 371 g/mol. The van der Waals surface area contributed by atoms with Gasteiger partial charge in [0.25, 0.3) is 0 Å². The molecule has 0 amide bonds. The fourth-order valence-corrected chi connectivity index (χ4v) is 4.23. The van der Waals surface area contributed by atoms with Crippen LogP contribution in [-0.2, 0) is 10.0 Å². The Kier molecular flexibility index (Phi) is 6.01. The second kappa shape index (κ2) is 7.51. The van der Waals surface area contributed by atoms with Gasteiger partial charge in [-0.2, -0.15) is 4.31 Å². The van der Waals surface area contributed by atoms with Gasteiger partial charge in [-0.25, -0.2) is 8.42 Å². The molecule has 2 rings (SSSR count). The number of ether oxygens (including phenoxy) is 2. The number of likely N-dealkylation sites (N-methyl/N-ethyl adjacent to an activating group) is 1. The van der Waals surface area contributed by atoms with Crippen LogP contribution in [-0.4, -0.2) is 48.9 Å². The number of unbranched alkanes of at least 4 members (excludes halogenated alkanes) is 1. The Bertz CT molecular complexity index is 701. The summed E-state index contributed by atoms with van der Waals surface area (Å²) in [6.07, 6.45) is 2.13. The van der Waals surface area contributed by atoms with Gasteiger partial charge in [0, 0.05) is 12.1 Å². The van der Waals surface area contributed by atoms with Gasteiger partial charge in [0.1, 0.15) is 23.2 Å². The van der Waals surface area contributed by atoms with Gasteiger partial charge in [0.15, 0.2) is 0 Å². The van der Waals surface area contributed by atoms with Crippen LogP contribution in [0.15, 0.2) is 18.2 Å². The molecule has 25 heavy (non-hydrogen) atoms. The molecule has 0 saturated heterocycles. The third kappa shape index (κ3) is 4.27. The summed E-state index contributed by atoms with van der Waals surface area (Å²) in [6.45, 7) is 8.22. The first-order valence-electron chi connectivity index (χ1n) is 8.72. The second-order valence-electron chi connectivity index (χ2n) is 6.96. The van der Waals surface area contributed by atoms with Gasteiger partial charge in [-0.3, -0.25) is 0 Å². The Morgan fingerprint density at radius 2 is 2.00 bits per heavy atom. The number of sulfonamides is 1. The summed E-state index contributed by atoms with van der Waals surface area (Å²) < 4.78 is 37.5. The summed E-state index contributed by atoms with van der Waals surface area (Å²) >= 11 is 0. The zero-order valence-electron chi connectivity index (χ0n) is 15.7. The molecule has 2 atom stereocenters. The number of aliphatic hydroxyl groups excluding tert-OH is 1. The van der Waals surface area contributed by atoms with Gasteiger partial charge < -0.3 is 14.6 Å². The van der Waals surface area contributed by atoms with Crippen molar-refractivity contribution in [1.82, 2.24) is 4.31 Å². The minimum atomic E-state index is -3.50. The maximum atomic E-state index is 12.3. The van der Waals surface area contributed by atoms with E-state index < -0.39 is 27.8 Å². The normalized spacial score (nSPS) is 22.4. The summed E-state index contributed by atoms with van der Waals surface area (Å²) in [4.78, 5) is 0. The predicted molar refractivity (Wildman–Crippen MR) is 97.5 cm³/mol. The van der Waals surface area contributed by atoms with Gasteiger partial charge >= 0.3 is 0 Å². The lowest BCUT2D eigenvalue weighted by atomic mass is 9.86. The number of aliphatic hydroxyl groups is 1. The first-order valence-corrected chi connectivity index (χ1v) is 10.6. The zero-order chi connectivity index (χ0) is 18.8. The lowest BCUT2D eigenvalue weighted by molar-refractivity contribution is -0.0786. The van der Waals surface area contributed by atoms with E-state index >= 15 is 0 Å². The molecule has 1 aromatic carbocycles. The van der Waals surface area contributed by atoms with Crippen LogP contribution in [0.2, 0.25) is 0 Å². The Morgan fingerprint density at radius 3 is 2.56 bits per heavy atom. The molecule has 0 unspecified atom stereocenters. The van der Waals surface area contributed by atoms with Crippen molar-refractivity contribution in [2.75, 3.05) is 19.4 Å². The van der Waals surface area contributed by atoms with Crippen LogP contribution in [0.5, 0.6) is 11.5 Å². The molecule has 1 heterocycles. The Labute approximate surface area is 150 Å². The summed E-state index contributed by atoms with van der Waals surface area (Å²) in [6, 6.07) is 4.67. The molecular formula is C18H29NO5S. The van der Waals surface area contributed by atoms with Crippen LogP contribution in [0.4, 0.5) is 0 Å². The van der Waals surface area contributed by atoms with Gasteiger partial charge in [-0.15, -0.1) is 0 Å². The molecule has 1 aliphatic heterocycles. The highest BCUT2D eigenvalue weighted by molar-refractivity contribution is 7.88. The number of nitrogens with zero attached hydrogens (tertiary/aromatic N) is 1. The van der Waals surface area contributed by atoms with Crippen molar-refractivity contribution < 1.29 is 23.0 Å². The molecule has 0 bridgehead atoms. The number of benzene rings is 1. The van der Waals surface area contributed by atoms with Gasteiger partial charge in [0.2, 0.25) is 10.0 Å². The Hall–Kier alpha value is -1.31. The summed E-state index contributed by atoms with van der Waals surface area (Å²) in [5, 5.41) is 10.8. The van der Waals surface area contributed by atoms with Crippen LogP contribution in [0.1, 0.15) is 52.1 Å². The lowest BCUT2D eigenvalue weighted by Crippen LogP contribution is -2.54. The van der Waals surface area contributed by atoms with Crippen LogP contribution < -0.4 is 9.47 Å². The fourth-order valence-electron chi connectivity index (χ4n) is 3.12. The van der Waals surface area contributed by atoms with Crippen molar-refractivity contribution in [3.63, 3.8) is 0 Å². The third-order valence-corrected chi connectivity index (χ3v) is 5.84. The molecule has 0 fully saturated rings. The quantitative estimate of drug-likeness (QED) is 0.746. The molecule has 0 aromatic heterocycles. The molecular weight excluding hydrogens is 342 g/mol. The van der Waals surface area contributed by atoms with Crippen molar-refractivity contribution in [3.8, 4) is 11.5 Å². The molecule has 1 aliphatic rings. The molecule has 0 aliphatic carbocycles. The van der Waals surface area contributed by atoms with Gasteiger partial charge in [-0.1, -0.05) is 20.3 Å². The van der Waals surface area contributed by atoms with E-state index in [0.717, 1.165) is 19.1 Å². The number of rotatable bonds is 7. The molecule has 0 spiro atoms. The molecule has 1 aromatic rings. The van der Waals surface area contributed by atoms with Crippen molar-refractivity contribution in [2.45, 2.75) is 58.3 Å². The van der Waals surface area contributed by atoms with Crippen LogP contribution >= 0.6 is 0 Å². The van der Waals surface area contributed by atoms with E-state index in [0.29, 0.717) is 23.7 Å². The minimum absolute atomic E-state index is 0.261. The van der Waals surface area contributed by atoms with Crippen LogP contribution in [0.3, 0.4) is 0 Å². The summed E-state index contributed by atoms with van der Waals surface area (Å²) in [7, 11) is -3.50. The molecule has 0 radical (unpaired) electrons. The van der Waals surface area contributed by atoms with Crippen molar-refractivity contribution >= 4 is 10.0 Å². The number of hydrogen-bond acceptors (Lipinski definition) is 5. The lowest BCUT2D eigenvalue weighted by Gasteiger charge is -2.45. The SMILES string of the molecule is CCCCOc1ccc2c(c1)[C@H](N(CC)S(C)(=O)=O)[C@@H](O)C(C)(C)O2. The number of hydrogen-bond donors (Lipinski definition) is 1. The molecule has 6 nitrogen and oxygen atoms in total. The van der Waals surface area contributed by atoms with Crippen molar-refractivity contribution in [3.05, 3.63) is 23.8 Å². The fraction of sp³-hybridized carbons (Fsp3) is 0.667. The standard InChI is InChI=1S/C18H29NO5S/c1-6-8-11-23-13-9-10-15-14(12-13)16(17(20)18(3,4)24-15)19(7-2)25(5,21)22/h9-10,12,16-17,20H,6-8,11H2,1-5H3/t16-,17+/m0/s1. The van der Waals surface area contributed by atoms with E-state index in [2.05, 4.69) is 6.92 Å².